The molecular formula is C5H4N2O3S. The molecule has 0 fully saturated rings. The highest BCUT2D eigenvalue weighted by Crippen LogP contribution is 2.10. The lowest BCUT2D eigenvalue weighted by Crippen LogP contribution is -2.10. The number of nitrogens with two attached hydrogens (primary N) is 1. The van der Waals surface area contributed by atoms with Crippen molar-refractivity contribution in [2.75, 3.05) is 0 Å². The van der Waals surface area contributed by atoms with Crippen LogP contribution in [0.5, 0.6) is 0 Å². The Morgan fingerprint density at radius 2 is 2.18 bits per heavy atom. The second-order valence-corrected chi connectivity index (χ2v) is 3.27. The SMILES string of the molecule is N#Cc1ccc(S(N)(=O)=O)o1. The minimum absolute atomic E-state index is 0.0750. The molecule has 11 heavy (non-hydrogen) atoms. The van der Waals surface area contributed by atoms with Gasteiger partial charge in [0.2, 0.25) is 10.9 Å². The molecule has 1 heterocycles. The molecule has 0 saturated carbocycles. The summed E-state index contributed by atoms with van der Waals surface area (Å²) in [6.07, 6.45) is 0. The average molecular weight is 172 g/mol. The number of nitrogens with zero attached hydrogens (tertiary/aromatic N) is 1. The molecule has 5 nitrogen and oxygen atoms in total. The van der Waals surface area contributed by atoms with Crippen LogP contribution in [-0.2, 0) is 10.0 Å². The molecule has 0 aliphatic rings. The molecule has 6 heteroatoms. The fraction of sp³-hybridized carbons (Fsp3) is 0. The summed E-state index contributed by atoms with van der Waals surface area (Å²) in [6.45, 7) is 0. The molecule has 0 aliphatic heterocycles. The van der Waals surface area contributed by atoms with Crippen molar-refractivity contribution >= 4 is 10.0 Å². The standard InChI is InChI=1S/C5H4N2O3S/c6-3-4-1-2-5(10-4)11(7,8)9/h1-2H,(H2,7,8,9). The summed E-state index contributed by atoms with van der Waals surface area (Å²) in [5.41, 5.74) is 0. The Balaban J connectivity index is 3.22. The van der Waals surface area contributed by atoms with Crippen LogP contribution in [0.1, 0.15) is 5.76 Å². The maximum atomic E-state index is 10.5. The summed E-state index contributed by atoms with van der Waals surface area (Å²) in [5, 5.41) is 12.5. The molecule has 1 rings (SSSR count). The first kappa shape index (κ1) is 7.78. The Morgan fingerprint density at radius 3 is 2.45 bits per heavy atom. The Labute approximate surface area is 63.1 Å². The van der Waals surface area contributed by atoms with E-state index in [4.69, 9.17) is 10.4 Å². The third-order valence-corrected chi connectivity index (χ3v) is 1.75. The van der Waals surface area contributed by atoms with Crippen LogP contribution < -0.4 is 5.14 Å². The van der Waals surface area contributed by atoms with Gasteiger partial charge >= 0.3 is 0 Å². The molecule has 1 aromatic rings. The van der Waals surface area contributed by atoms with Crippen molar-refractivity contribution in [3.8, 4) is 6.07 Å². The zero-order valence-electron chi connectivity index (χ0n) is 5.31. The van der Waals surface area contributed by atoms with Gasteiger partial charge in [-0.05, 0) is 12.1 Å². The fourth-order valence-corrected chi connectivity index (χ4v) is 0.997. The van der Waals surface area contributed by atoms with E-state index < -0.39 is 15.1 Å². The van der Waals surface area contributed by atoms with Crippen molar-refractivity contribution in [2.24, 2.45) is 5.14 Å². The van der Waals surface area contributed by atoms with E-state index in [0.29, 0.717) is 0 Å². The summed E-state index contributed by atoms with van der Waals surface area (Å²) in [6, 6.07) is 4.00. The molecule has 0 amide bonds. The molecule has 1 aromatic heterocycles. The highest BCUT2D eigenvalue weighted by atomic mass is 32.2. The molecule has 0 unspecified atom stereocenters. The summed E-state index contributed by atoms with van der Waals surface area (Å²) >= 11 is 0. The molecule has 58 valence electrons. The van der Waals surface area contributed by atoms with Gasteiger partial charge in [0.25, 0.3) is 10.0 Å². The van der Waals surface area contributed by atoms with Crippen LogP contribution in [-0.4, -0.2) is 8.42 Å². The summed E-state index contributed by atoms with van der Waals surface area (Å²) in [5.74, 6) is -0.0750. The Bertz CT molecular complexity index is 398. The maximum Gasteiger partial charge on any atom is 0.271 e. The van der Waals surface area contributed by atoms with Crippen molar-refractivity contribution < 1.29 is 12.8 Å². The van der Waals surface area contributed by atoms with Gasteiger partial charge in [-0.25, -0.2) is 13.6 Å². The number of rotatable bonds is 1. The minimum Gasteiger partial charge on any atom is -0.433 e. The number of hydrogen-bond donors (Lipinski definition) is 1. The van der Waals surface area contributed by atoms with Crippen molar-refractivity contribution in [1.29, 1.82) is 5.26 Å². The highest BCUT2D eigenvalue weighted by Gasteiger charge is 2.12. The molecule has 0 saturated heterocycles. The fourth-order valence-electron chi connectivity index (χ4n) is 0.533. The largest absolute Gasteiger partial charge is 0.433 e. The predicted octanol–water partition coefficient (Wildman–Crippen LogP) is -0.201. The number of primary sulfonamides is 1. The van der Waals surface area contributed by atoms with E-state index >= 15 is 0 Å². The van der Waals surface area contributed by atoms with Crippen LogP contribution >= 0.6 is 0 Å². The molecule has 0 spiro atoms. The third-order valence-electron chi connectivity index (χ3n) is 0.972. The van der Waals surface area contributed by atoms with Crippen molar-refractivity contribution in [2.45, 2.75) is 5.09 Å². The molecule has 2 N–H and O–H groups in total. The van der Waals surface area contributed by atoms with Crippen LogP contribution in [0.25, 0.3) is 0 Å². The second-order valence-electron chi connectivity index (χ2n) is 1.78. The lowest BCUT2D eigenvalue weighted by molar-refractivity contribution is 0.441. The first-order valence-electron chi connectivity index (χ1n) is 2.57. The van der Waals surface area contributed by atoms with E-state index in [9.17, 15) is 8.42 Å². The molecular weight excluding hydrogens is 168 g/mol. The summed E-state index contributed by atoms with van der Waals surface area (Å²) in [7, 11) is -3.81. The van der Waals surface area contributed by atoms with Gasteiger partial charge in [-0.2, -0.15) is 5.26 Å². The van der Waals surface area contributed by atoms with Crippen molar-refractivity contribution in [1.82, 2.24) is 0 Å². The summed E-state index contributed by atoms with van der Waals surface area (Å²) < 4.78 is 25.6. The number of sulfonamides is 1. The first-order valence-corrected chi connectivity index (χ1v) is 4.11. The molecule has 0 aliphatic carbocycles. The number of nitriles is 1. The molecule has 0 aromatic carbocycles. The number of furan rings is 1. The Kier molecular flexibility index (Phi) is 1.68. The van der Waals surface area contributed by atoms with E-state index in [1.807, 2.05) is 0 Å². The van der Waals surface area contributed by atoms with Gasteiger partial charge in [0.1, 0.15) is 6.07 Å². The quantitative estimate of drug-likeness (QED) is 0.634. The summed E-state index contributed by atoms with van der Waals surface area (Å²) in [4.78, 5) is 0. The zero-order valence-corrected chi connectivity index (χ0v) is 6.13. The number of hydrogen-bond acceptors (Lipinski definition) is 4. The van der Waals surface area contributed by atoms with Crippen LogP contribution in [0.4, 0.5) is 0 Å². The second kappa shape index (κ2) is 2.38. The first-order chi connectivity index (χ1) is 5.04. The lowest BCUT2D eigenvalue weighted by Gasteiger charge is -1.87. The Hall–Kier alpha value is -1.32. The molecule has 0 atom stereocenters. The van der Waals surface area contributed by atoms with Gasteiger partial charge in [0.05, 0.1) is 0 Å². The average Bonchev–Trinajstić information content (AvgIpc) is 2.32. The minimum atomic E-state index is -3.81. The highest BCUT2D eigenvalue weighted by molar-refractivity contribution is 7.89. The van der Waals surface area contributed by atoms with Crippen molar-refractivity contribution in [3.05, 3.63) is 17.9 Å². The van der Waals surface area contributed by atoms with Crippen molar-refractivity contribution in [3.63, 3.8) is 0 Å². The van der Waals surface area contributed by atoms with Crippen LogP contribution in [0.3, 0.4) is 0 Å². The van der Waals surface area contributed by atoms with Crippen LogP contribution in [0, 0.1) is 11.3 Å². The van der Waals surface area contributed by atoms with E-state index in [1.54, 1.807) is 6.07 Å². The van der Waals surface area contributed by atoms with Gasteiger partial charge in [-0.3, -0.25) is 0 Å². The zero-order chi connectivity index (χ0) is 8.48. The van der Waals surface area contributed by atoms with Crippen LogP contribution in [0.2, 0.25) is 0 Å². The van der Waals surface area contributed by atoms with E-state index in [0.717, 1.165) is 6.07 Å². The van der Waals surface area contributed by atoms with Gasteiger partial charge in [0.15, 0.2) is 0 Å². The van der Waals surface area contributed by atoms with E-state index in [1.165, 1.54) is 6.07 Å². The van der Waals surface area contributed by atoms with Crippen LogP contribution in [0.15, 0.2) is 21.6 Å². The van der Waals surface area contributed by atoms with Gasteiger partial charge in [-0.15, -0.1) is 0 Å². The monoisotopic (exact) mass is 172 g/mol. The topological polar surface area (TPSA) is 97.1 Å². The van der Waals surface area contributed by atoms with Gasteiger partial charge < -0.3 is 4.42 Å². The maximum absolute atomic E-state index is 10.5. The lowest BCUT2D eigenvalue weighted by atomic mass is 10.5. The Morgan fingerprint density at radius 1 is 1.55 bits per heavy atom. The van der Waals surface area contributed by atoms with E-state index in [2.05, 4.69) is 4.42 Å². The third kappa shape index (κ3) is 1.58. The molecule has 0 radical (unpaired) electrons. The van der Waals surface area contributed by atoms with Gasteiger partial charge in [-0.1, -0.05) is 0 Å². The molecule has 0 bridgehead atoms. The van der Waals surface area contributed by atoms with Gasteiger partial charge in [0, 0.05) is 0 Å². The normalized spacial score (nSPS) is 10.9. The van der Waals surface area contributed by atoms with E-state index in [-0.39, 0.29) is 5.76 Å². The predicted molar refractivity (Wildman–Crippen MR) is 34.8 cm³/mol. The smallest absolute Gasteiger partial charge is 0.271 e.